The minimum absolute atomic E-state index is 0.00498. The number of benzene rings is 2. The molecule has 3 rings (SSSR count). The van der Waals surface area contributed by atoms with Crippen LogP contribution in [-0.2, 0) is 33.3 Å². The van der Waals surface area contributed by atoms with Gasteiger partial charge in [0.05, 0.1) is 22.5 Å². The highest BCUT2D eigenvalue weighted by molar-refractivity contribution is 7.87. The van der Waals surface area contributed by atoms with E-state index >= 15 is 0 Å². The molecule has 1 aliphatic heterocycles. The van der Waals surface area contributed by atoms with E-state index in [0.29, 0.717) is 0 Å². The van der Waals surface area contributed by atoms with E-state index in [1.807, 2.05) is 13.8 Å². The van der Waals surface area contributed by atoms with E-state index in [4.69, 9.17) is 13.1 Å². The molecular formula is C25H33NO8S2. The van der Waals surface area contributed by atoms with Crippen molar-refractivity contribution in [3.8, 4) is 0 Å². The number of carbonyl (C=O) groups excluding carboxylic acids is 1. The second-order valence-electron chi connectivity index (χ2n) is 9.93. The summed E-state index contributed by atoms with van der Waals surface area (Å²) in [6.07, 6.45) is -1.32. The highest BCUT2D eigenvalue weighted by Gasteiger charge is 2.38. The highest BCUT2D eigenvalue weighted by Crippen LogP contribution is 2.28. The lowest BCUT2D eigenvalue weighted by molar-refractivity contribution is -0.00841. The van der Waals surface area contributed by atoms with E-state index in [0.717, 1.165) is 11.1 Å². The second kappa shape index (κ2) is 10.9. The third kappa shape index (κ3) is 7.52. The third-order valence-corrected chi connectivity index (χ3v) is 8.27. The Hall–Kier alpha value is -2.47. The molecule has 0 N–H and O–H groups in total. The summed E-state index contributed by atoms with van der Waals surface area (Å²) in [5.74, 6) is -0.744. The number of piperidine rings is 1. The van der Waals surface area contributed by atoms with Gasteiger partial charge in [0.15, 0.2) is 0 Å². The Morgan fingerprint density at radius 1 is 0.889 bits per heavy atom. The molecule has 0 aliphatic carbocycles. The van der Waals surface area contributed by atoms with E-state index in [1.165, 1.54) is 29.2 Å². The van der Waals surface area contributed by atoms with E-state index in [-0.39, 0.29) is 35.9 Å². The van der Waals surface area contributed by atoms with Crippen molar-refractivity contribution in [2.45, 2.75) is 62.5 Å². The fraction of sp³-hybridized carbons (Fsp3) is 0.480. The molecule has 9 nitrogen and oxygen atoms in total. The van der Waals surface area contributed by atoms with Crippen LogP contribution in [0, 0.1) is 19.8 Å². The zero-order valence-corrected chi connectivity index (χ0v) is 22.8. The molecule has 0 aromatic heterocycles. The Morgan fingerprint density at radius 3 is 1.89 bits per heavy atom. The van der Waals surface area contributed by atoms with Crippen LogP contribution < -0.4 is 0 Å². The number of ether oxygens (including phenoxy) is 1. The molecule has 2 unspecified atom stereocenters. The quantitative estimate of drug-likeness (QED) is 0.484. The summed E-state index contributed by atoms with van der Waals surface area (Å²) in [5.41, 5.74) is 1.07. The summed E-state index contributed by atoms with van der Waals surface area (Å²) in [7, 11) is -8.23. The standard InChI is InChI=1S/C25H33NO8S2/c1-18-6-10-21(11-7-18)35(28,29)32-17-20-16-26(24(27)33-25(3,4)5)15-14-23(20)34-36(30,31)22-12-8-19(2)9-13-22/h6-13,20,23H,14-17H2,1-5H3. The Balaban J connectivity index is 1.80. The largest absolute Gasteiger partial charge is 0.444 e. The summed E-state index contributed by atoms with van der Waals surface area (Å²) in [6.45, 7) is 8.71. The molecule has 2 atom stereocenters. The first-order valence-electron chi connectivity index (χ1n) is 11.6. The maximum absolute atomic E-state index is 12.9. The number of amides is 1. The summed E-state index contributed by atoms with van der Waals surface area (Å²) < 4.78 is 67.6. The second-order valence-corrected chi connectivity index (χ2v) is 13.1. The minimum atomic E-state index is -4.13. The van der Waals surface area contributed by atoms with Gasteiger partial charge < -0.3 is 9.64 Å². The van der Waals surface area contributed by atoms with Crippen molar-refractivity contribution in [2.75, 3.05) is 19.7 Å². The molecule has 2 aromatic carbocycles. The predicted octanol–water partition coefficient (Wildman–Crippen LogP) is 4.04. The van der Waals surface area contributed by atoms with Gasteiger partial charge in [0, 0.05) is 19.0 Å². The molecule has 198 valence electrons. The van der Waals surface area contributed by atoms with Gasteiger partial charge in [-0.2, -0.15) is 16.8 Å². The maximum Gasteiger partial charge on any atom is 0.410 e. The number of likely N-dealkylation sites (tertiary alicyclic amines) is 1. The van der Waals surface area contributed by atoms with Crippen LogP contribution in [-0.4, -0.2) is 59.2 Å². The Kier molecular flexibility index (Phi) is 8.49. The highest BCUT2D eigenvalue weighted by atomic mass is 32.2. The molecule has 11 heteroatoms. The van der Waals surface area contributed by atoms with E-state index in [9.17, 15) is 21.6 Å². The fourth-order valence-corrected chi connectivity index (χ4v) is 5.78. The van der Waals surface area contributed by atoms with Gasteiger partial charge in [0.2, 0.25) is 0 Å². The monoisotopic (exact) mass is 539 g/mol. The van der Waals surface area contributed by atoms with Crippen molar-refractivity contribution < 1.29 is 34.7 Å². The SMILES string of the molecule is Cc1ccc(S(=O)(=O)OCC2CN(C(=O)OC(C)(C)C)CCC2OS(=O)(=O)c2ccc(C)cc2)cc1. The molecule has 1 amide bonds. The molecular weight excluding hydrogens is 506 g/mol. The van der Waals surface area contributed by atoms with Gasteiger partial charge in [-0.1, -0.05) is 35.4 Å². The van der Waals surface area contributed by atoms with Crippen molar-refractivity contribution in [2.24, 2.45) is 5.92 Å². The average molecular weight is 540 g/mol. The number of aryl methyl sites for hydroxylation is 2. The molecule has 1 saturated heterocycles. The number of hydrogen-bond donors (Lipinski definition) is 0. The van der Waals surface area contributed by atoms with Gasteiger partial charge in [0.1, 0.15) is 5.60 Å². The van der Waals surface area contributed by atoms with Gasteiger partial charge in [0.25, 0.3) is 20.2 Å². The smallest absolute Gasteiger partial charge is 0.410 e. The van der Waals surface area contributed by atoms with Gasteiger partial charge in [-0.3, -0.25) is 8.37 Å². The maximum atomic E-state index is 12.9. The van der Waals surface area contributed by atoms with Crippen LogP contribution in [0.15, 0.2) is 58.3 Å². The number of carbonyl (C=O) groups is 1. The van der Waals surface area contributed by atoms with Crippen LogP contribution in [0.25, 0.3) is 0 Å². The minimum Gasteiger partial charge on any atom is -0.444 e. The first-order valence-corrected chi connectivity index (χ1v) is 14.4. The van der Waals surface area contributed by atoms with Crippen LogP contribution in [0.4, 0.5) is 4.79 Å². The number of nitrogens with zero attached hydrogens (tertiary/aromatic N) is 1. The predicted molar refractivity (Wildman–Crippen MR) is 133 cm³/mol. The Morgan fingerprint density at radius 2 is 1.39 bits per heavy atom. The van der Waals surface area contributed by atoms with Crippen molar-refractivity contribution in [3.63, 3.8) is 0 Å². The van der Waals surface area contributed by atoms with Crippen molar-refractivity contribution in [3.05, 3.63) is 59.7 Å². The topological polar surface area (TPSA) is 116 Å². The van der Waals surface area contributed by atoms with Crippen LogP contribution in [0.5, 0.6) is 0 Å². The van der Waals surface area contributed by atoms with Crippen molar-refractivity contribution in [1.82, 2.24) is 4.90 Å². The molecule has 2 aromatic rings. The zero-order chi connectivity index (χ0) is 26.7. The van der Waals surface area contributed by atoms with Gasteiger partial charge >= 0.3 is 6.09 Å². The third-order valence-electron chi connectivity index (χ3n) is 5.62. The summed E-state index contributed by atoms with van der Waals surface area (Å²) >= 11 is 0. The summed E-state index contributed by atoms with van der Waals surface area (Å²) in [6, 6.07) is 12.4. The summed E-state index contributed by atoms with van der Waals surface area (Å²) in [4.78, 5) is 14.0. The van der Waals surface area contributed by atoms with Crippen molar-refractivity contribution >= 4 is 26.3 Å². The molecule has 1 heterocycles. The molecule has 1 fully saturated rings. The summed E-state index contributed by atoms with van der Waals surface area (Å²) in [5, 5.41) is 0. The molecule has 0 saturated carbocycles. The lowest BCUT2D eigenvalue weighted by Crippen LogP contribution is -2.50. The first kappa shape index (κ1) is 28.1. The molecule has 0 bridgehead atoms. The molecule has 0 spiro atoms. The van der Waals surface area contributed by atoms with E-state index in [2.05, 4.69) is 0 Å². The first-order chi connectivity index (χ1) is 16.7. The van der Waals surface area contributed by atoms with Gasteiger partial charge in [-0.05, 0) is 65.3 Å². The number of rotatable bonds is 7. The lowest BCUT2D eigenvalue weighted by atomic mass is 9.96. The normalized spacial score (nSPS) is 19.2. The van der Waals surface area contributed by atoms with Crippen LogP contribution >= 0.6 is 0 Å². The fourth-order valence-electron chi connectivity index (χ4n) is 3.66. The molecule has 0 radical (unpaired) electrons. The molecule has 36 heavy (non-hydrogen) atoms. The number of hydrogen-bond acceptors (Lipinski definition) is 8. The van der Waals surface area contributed by atoms with Crippen LogP contribution in [0.3, 0.4) is 0 Å². The van der Waals surface area contributed by atoms with E-state index in [1.54, 1.807) is 45.0 Å². The van der Waals surface area contributed by atoms with E-state index < -0.39 is 44.0 Å². The Bertz CT molecular complexity index is 1260. The average Bonchev–Trinajstić information content (AvgIpc) is 2.77. The molecule has 1 aliphatic rings. The van der Waals surface area contributed by atoms with Crippen LogP contribution in [0.1, 0.15) is 38.3 Å². The van der Waals surface area contributed by atoms with Crippen LogP contribution in [0.2, 0.25) is 0 Å². The lowest BCUT2D eigenvalue weighted by Gasteiger charge is -2.38. The van der Waals surface area contributed by atoms with Gasteiger partial charge in [-0.25, -0.2) is 4.79 Å². The van der Waals surface area contributed by atoms with Crippen molar-refractivity contribution in [1.29, 1.82) is 0 Å². The zero-order valence-electron chi connectivity index (χ0n) is 21.1. The Labute approximate surface area is 213 Å². The van der Waals surface area contributed by atoms with Gasteiger partial charge in [-0.15, -0.1) is 0 Å².